The Labute approximate surface area is 108 Å². The van der Waals surface area contributed by atoms with Crippen molar-refractivity contribution in [3.05, 3.63) is 0 Å². The molecule has 17 heavy (non-hydrogen) atoms. The molecule has 0 heterocycles. The van der Waals surface area contributed by atoms with Crippen LogP contribution < -0.4 is 0 Å². The minimum atomic E-state index is 0.252. The first-order valence-corrected chi connectivity index (χ1v) is 7.84. The standard InChI is InChI=1S/C16H32O/c1-3-4-5-6-7-8-9-10-13-16(2,14-17)15-11-12-15/h15,17H,3-14H2,1-2H3. The molecule has 1 rings (SSSR count). The number of aliphatic hydroxyl groups excluding tert-OH is 1. The first-order valence-electron chi connectivity index (χ1n) is 7.84. The summed E-state index contributed by atoms with van der Waals surface area (Å²) in [5.74, 6) is 0.831. The Morgan fingerprint density at radius 3 is 1.94 bits per heavy atom. The summed E-state index contributed by atoms with van der Waals surface area (Å²) >= 11 is 0. The van der Waals surface area contributed by atoms with Gasteiger partial charge in [0.15, 0.2) is 0 Å². The highest BCUT2D eigenvalue weighted by atomic mass is 16.3. The maximum Gasteiger partial charge on any atom is 0.0487 e. The van der Waals surface area contributed by atoms with Gasteiger partial charge in [-0.15, -0.1) is 0 Å². The highest BCUT2D eigenvalue weighted by Crippen LogP contribution is 2.48. The van der Waals surface area contributed by atoms with Gasteiger partial charge in [-0.2, -0.15) is 0 Å². The lowest BCUT2D eigenvalue weighted by Crippen LogP contribution is -2.23. The van der Waals surface area contributed by atoms with E-state index in [2.05, 4.69) is 13.8 Å². The Balaban J connectivity index is 1.92. The Morgan fingerprint density at radius 2 is 1.47 bits per heavy atom. The molecule has 0 aromatic rings. The predicted molar refractivity (Wildman–Crippen MR) is 75.1 cm³/mol. The van der Waals surface area contributed by atoms with E-state index >= 15 is 0 Å². The van der Waals surface area contributed by atoms with Gasteiger partial charge in [0.1, 0.15) is 0 Å². The highest BCUT2D eigenvalue weighted by Gasteiger charge is 2.40. The van der Waals surface area contributed by atoms with Gasteiger partial charge in [0.2, 0.25) is 0 Å². The normalized spacial score (nSPS) is 19.2. The zero-order valence-corrected chi connectivity index (χ0v) is 12.0. The first kappa shape index (κ1) is 15.0. The number of hydrogen-bond donors (Lipinski definition) is 1. The third-order valence-electron chi connectivity index (χ3n) is 4.53. The van der Waals surface area contributed by atoms with Crippen molar-refractivity contribution in [3.8, 4) is 0 Å². The summed E-state index contributed by atoms with van der Waals surface area (Å²) in [5.41, 5.74) is 0.252. The summed E-state index contributed by atoms with van der Waals surface area (Å²) < 4.78 is 0. The lowest BCUT2D eigenvalue weighted by atomic mass is 9.80. The van der Waals surface area contributed by atoms with Crippen LogP contribution in [0.3, 0.4) is 0 Å². The molecule has 1 heteroatoms. The van der Waals surface area contributed by atoms with E-state index in [0.29, 0.717) is 6.61 Å². The van der Waals surface area contributed by atoms with Crippen LogP contribution in [0.2, 0.25) is 0 Å². The van der Waals surface area contributed by atoms with E-state index in [0.717, 1.165) is 5.92 Å². The number of unbranched alkanes of at least 4 members (excludes halogenated alkanes) is 7. The molecular weight excluding hydrogens is 208 g/mol. The predicted octanol–water partition coefficient (Wildman–Crippen LogP) is 4.93. The summed E-state index contributed by atoms with van der Waals surface area (Å²) in [6.45, 7) is 4.95. The molecule has 0 radical (unpaired) electrons. The zero-order valence-electron chi connectivity index (χ0n) is 12.0. The second-order valence-corrected chi connectivity index (χ2v) is 6.31. The lowest BCUT2D eigenvalue weighted by molar-refractivity contribution is 0.107. The molecule has 102 valence electrons. The van der Waals surface area contributed by atoms with E-state index in [1.165, 1.54) is 70.6 Å². The summed E-state index contributed by atoms with van der Waals surface area (Å²) in [6, 6.07) is 0. The molecule has 0 saturated heterocycles. The third kappa shape index (κ3) is 5.90. The van der Waals surface area contributed by atoms with Crippen LogP contribution in [0.1, 0.15) is 84.5 Å². The van der Waals surface area contributed by atoms with Crippen LogP contribution in [0.4, 0.5) is 0 Å². The molecule has 0 amide bonds. The smallest absolute Gasteiger partial charge is 0.0487 e. The third-order valence-corrected chi connectivity index (χ3v) is 4.53. The van der Waals surface area contributed by atoms with Crippen molar-refractivity contribution in [1.29, 1.82) is 0 Å². The van der Waals surface area contributed by atoms with Gasteiger partial charge in [0.25, 0.3) is 0 Å². The molecule has 1 aliphatic rings. The van der Waals surface area contributed by atoms with E-state index in [9.17, 15) is 5.11 Å². The number of hydrogen-bond acceptors (Lipinski definition) is 1. The second-order valence-electron chi connectivity index (χ2n) is 6.31. The molecule has 1 fully saturated rings. The quantitative estimate of drug-likeness (QED) is 0.508. The molecule has 1 aliphatic carbocycles. The number of rotatable bonds is 11. The molecule has 1 nitrogen and oxygen atoms in total. The van der Waals surface area contributed by atoms with E-state index in [4.69, 9.17) is 0 Å². The van der Waals surface area contributed by atoms with Gasteiger partial charge in [-0.3, -0.25) is 0 Å². The molecule has 1 N–H and O–H groups in total. The van der Waals surface area contributed by atoms with E-state index in [1.54, 1.807) is 0 Å². The van der Waals surface area contributed by atoms with E-state index < -0.39 is 0 Å². The van der Waals surface area contributed by atoms with Crippen molar-refractivity contribution in [3.63, 3.8) is 0 Å². The van der Waals surface area contributed by atoms with Gasteiger partial charge in [-0.25, -0.2) is 0 Å². The van der Waals surface area contributed by atoms with Gasteiger partial charge in [-0.1, -0.05) is 65.2 Å². The molecule has 1 unspecified atom stereocenters. The van der Waals surface area contributed by atoms with E-state index in [1.807, 2.05) is 0 Å². The first-order chi connectivity index (χ1) is 8.23. The van der Waals surface area contributed by atoms with Gasteiger partial charge in [0.05, 0.1) is 0 Å². The van der Waals surface area contributed by atoms with Crippen molar-refractivity contribution in [1.82, 2.24) is 0 Å². The Bertz CT molecular complexity index is 186. The summed E-state index contributed by atoms with van der Waals surface area (Å²) in [5, 5.41) is 9.50. The van der Waals surface area contributed by atoms with Gasteiger partial charge in [0, 0.05) is 6.61 Å². The number of aliphatic hydroxyl groups is 1. The van der Waals surface area contributed by atoms with Gasteiger partial charge in [-0.05, 0) is 30.6 Å². The van der Waals surface area contributed by atoms with Crippen molar-refractivity contribution in [2.75, 3.05) is 6.61 Å². The van der Waals surface area contributed by atoms with Crippen LogP contribution in [0.25, 0.3) is 0 Å². The average Bonchev–Trinajstić information content (AvgIpc) is 3.16. The van der Waals surface area contributed by atoms with E-state index in [-0.39, 0.29) is 5.41 Å². The molecular formula is C16H32O. The fourth-order valence-electron chi connectivity index (χ4n) is 2.86. The van der Waals surface area contributed by atoms with Crippen LogP contribution in [-0.2, 0) is 0 Å². The summed E-state index contributed by atoms with van der Waals surface area (Å²) in [6.07, 6.45) is 15.1. The lowest BCUT2D eigenvalue weighted by Gasteiger charge is -2.27. The van der Waals surface area contributed by atoms with Crippen LogP contribution in [0.15, 0.2) is 0 Å². The largest absolute Gasteiger partial charge is 0.396 e. The average molecular weight is 240 g/mol. The molecule has 0 aromatic carbocycles. The van der Waals surface area contributed by atoms with Crippen molar-refractivity contribution in [2.45, 2.75) is 84.5 Å². The van der Waals surface area contributed by atoms with Gasteiger partial charge < -0.3 is 5.11 Å². The molecule has 0 bridgehead atoms. The molecule has 0 aliphatic heterocycles. The summed E-state index contributed by atoms with van der Waals surface area (Å²) in [4.78, 5) is 0. The Hall–Kier alpha value is -0.0400. The SMILES string of the molecule is CCCCCCCCCCC(C)(CO)C1CC1. The van der Waals surface area contributed by atoms with Crippen LogP contribution in [0.5, 0.6) is 0 Å². The van der Waals surface area contributed by atoms with Crippen molar-refractivity contribution in [2.24, 2.45) is 11.3 Å². The Kier molecular flexibility index (Phi) is 7.18. The Morgan fingerprint density at radius 1 is 0.941 bits per heavy atom. The maximum atomic E-state index is 9.50. The molecule has 1 atom stereocenters. The highest BCUT2D eigenvalue weighted by molar-refractivity contribution is 4.90. The van der Waals surface area contributed by atoms with Crippen LogP contribution in [-0.4, -0.2) is 11.7 Å². The zero-order chi connectivity index (χ0) is 12.6. The van der Waals surface area contributed by atoms with Gasteiger partial charge >= 0.3 is 0 Å². The molecule has 1 saturated carbocycles. The topological polar surface area (TPSA) is 20.2 Å². The minimum absolute atomic E-state index is 0.252. The van der Waals surface area contributed by atoms with Crippen molar-refractivity contribution < 1.29 is 5.11 Å². The monoisotopic (exact) mass is 240 g/mol. The maximum absolute atomic E-state index is 9.50. The second kappa shape index (κ2) is 8.13. The van der Waals surface area contributed by atoms with Crippen LogP contribution >= 0.6 is 0 Å². The fraction of sp³-hybridized carbons (Fsp3) is 1.00. The van der Waals surface area contributed by atoms with Crippen LogP contribution in [0, 0.1) is 11.3 Å². The molecule has 0 spiro atoms. The fourth-order valence-corrected chi connectivity index (χ4v) is 2.86. The van der Waals surface area contributed by atoms with Crippen molar-refractivity contribution >= 4 is 0 Å². The summed E-state index contributed by atoms with van der Waals surface area (Å²) in [7, 11) is 0. The minimum Gasteiger partial charge on any atom is -0.396 e. The molecule has 0 aromatic heterocycles.